The van der Waals surface area contributed by atoms with Gasteiger partial charge < -0.3 is 15.0 Å². The van der Waals surface area contributed by atoms with E-state index in [1.54, 1.807) is 32.9 Å². The number of ketones is 5. The van der Waals surface area contributed by atoms with Gasteiger partial charge in [-0.2, -0.15) is 0 Å². The van der Waals surface area contributed by atoms with Crippen LogP contribution in [-0.4, -0.2) is 51.0 Å². The molecule has 0 aromatic heterocycles. The fourth-order valence-electron chi connectivity index (χ4n) is 10.1. The number of benzene rings is 1. The lowest BCUT2D eigenvalue weighted by Crippen LogP contribution is -2.80. The van der Waals surface area contributed by atoms with Crippen LogP contribution >= 0.6 is 0 Å². The maximum absolute atomic E-state index is 14.8. The first kappa shape index (κ1) is 30.5. The number of Topliss-reactive ketones (excluding diaryl/α,β-unsaturated/α-hetero) is 5. The molecular formula is C34H42O8. The number of phenols is 1. The number of aliphatic hydroxyl groups is 1. The molecule has 3 unspecified atom stereocenters. The van der Waals surface area contributed by atoms with Crippen LogP contribution in [0, 0.1) is 46.3 Å². The highest BCUT2D eigenvalue weighted by Crippen LogP contribution is 2.70. The van der Waals surface area contributed by atoms with Gasteiger partial charge in [0.15, 0.2) is 28.7 Å². The van der Waals surface area contributed by atoms with Crippen molar-refractivity contribution in [3.05, 3.63) is 29.3 Å². The highest BCUT2D eigenvalue weighted by Gasteiger charge is 2.80. The van der Waals surface area contributed by atoms with Crippen LogP contribution in [0.4, 0.5) is 0 Å². The minimum absolute atomic E-state index is 0.00432. The Morgan fingerprint density at radius 2 is 1.69 bits per heavy atom. The fourth-order valence-corrected chi connectivity index (χ4v) is 10.1. The first-order valence-electron chi connectivity index (χ1n) is 15.3. The quantitative estimate of drug-likeness (QED) is 0.358. The first-order valence-corrected chi connectivity index (χ1v) is 15.3. The summed E-state index contributed by atoms with van der Waals surface area (Å²) < 4.78 is 0. The third kappa shape index (κ3) is 3.76. The molecule has 0 spiro atoms. The minimum atomic E-state index is -2.85. The Labute approximate surface area is 246 Å². The van der Waals surface area contributed by atoms with Gasteiger partial charge in [-0.1, -0.05) is 65.5 Å². The largest absolute Gasteiger partial charge is 0.507 e. The summed E-state index contributed by atoms with van der Waals surface area (Å²) in [6.07, 6.45) is 6.30. The molecule has 3 saturated carbocycles. The summed E-state index contributed by atoms with van der Waals surface area (Å²) in [5.41, 5.74) is -5.27. The van der Waals surface area contributed by atoms with Gasteiger partial charge >= 0.3 is 0 Å². The van der Waals surface area contributed by atoms with E-state index < -0.39 is 80.9 Å². The number of phenolic OH excluding ortho intramolecular Hbond substituents is 1. The third-order valence-electron chi connectivity index (χ3n) is 11.8. The van der Waals surface area contributed by atoms with E-state index in [4.69, 9.17) is 0 Å². The topological polar surface area (TPSA) is 143 Å². The molecule has 0 saturated heterocycles. The zero-order valence-corrected chi connectivity index (χ0v) is 25.1. The van der Waals surface area contributed by atoms with Gasteiger partial charge in [-0.15, -0.1) is 0 Å². The van der Waals surface area contributed by atoms with Crippen molar-refractivity contribution in [1.29, 1.82) is 0 Å². The SMILES string of the molecule is CC(=O)C1C(=O)C(C(C)C)[C@@]2(C)[C@H](CC=O)[C@]3(C)C(C(=O)c4c(O)cccc4[C@H]3CCC3CCCC3)C(=O)[C@@]2(O)C1=O. The summed E-state index contributed by atoms with van der Waals surface area (Å²) >= 11 is 0. The van der Waals surface area contributed by atoms with Gasteiger partial charge in [0.1, 0.15) is 23.7 Å². The molecule has 8 atom stereocenters. The van der Waals surface area contributed by atoms with Crippen molar-refractivity contribution in [3.63, 3.8) is 0 Å². The molecule has 42 heavy (non-hydrogen) atoms. The normalized spacial score (nSPS) is 38.3. The van der Waals surface area contributed by atoms with Crippen molar-refractivity contribution >= 4 is 35.2 Å². The molecule has 1 aromatic carbocycles. The zero-order valence-electron chi connectivity index (χ0n) is 25.1. The van der Waals surface area contributed by atoms with Crippen LogP contribution in [0.3, 0.4) is 0 Å². The molecule has 4 aliphatic carbocycles. The predicted molar refractivity (Wildman–Crippen MR) is 153 cm³/mol. The van der Waals surface area contributed by atoms with Crippen molar-refractivity contribution < 1.29 is 39.0 Å². The van der Waals surface area contributed by atoms with E-state index in [1.807, 2.05) is 0 Å². The number of hydrogen-bond acceptors (Lipinski definition) is 8. The summed E-state index contributed by atoms with van der Waals surface area (Å²) in [6, 6.07) is 4.82. The number of carbonyl (C=O) groups is 6. The Morgan fingerprint density at radius 1 is 1.05 bits per heavy atom. The van der Waals surface area contributed by atoms with Gasteiger partial charge in [-0.25, -0.2) is 0 Å². The van der Waals surface area contributed by atoms with Gasteiger partial charge in [-0.3, -0.25) is 24.0 Å². The molecule has 0 amide bonds. The van der Waals surface area contributed by atoms with Gasteiger partial charge in [0.25, 0.3) is 0 Å². The third-order valence-corrected chi connectivity index (χ3v) is 11.8. The molecule has 4 aliphatic rings. The molecule has 3 fully saturated rings. The average molecular weight is 579 g/mol. The molecule has 0 bridgehead atoms. The number of fused-ring (bicyclic) bond motifs is 3. The van der Waals surface area contributed by atoms with Crippen molar-refractivity contribution in [2.75, 3.05) is 0 Å². The first-order chi connectivity index (χ1) is 19.7. The fraction of sp³-hybridized carbons (Fsp3) is 0.647. The van der Waals surface area contributed by atoms with Crippen molar-refractivity contribution in [2.45, 2.75) is 91.1 Å². The van der Waals surface area contributed by atoms with E-state index in [1.165, 1.54) is 13.0 Å². The summed E-state index contributed by atoms with van der Waals surface area (Å²) in [4.78, 5) is 82.3. The molecule has 0 radical (unpaired) electrons. The molecule has 1 aromatic rings. The van der Waals surface area contributed by atoms with E-state index in [0.29, 0.717) is 24.2 Å². The van der Waals surface area contributed by atoms with Crippen LogP contribution in [-0.2, 0) is 24.0 Å². The number of aromatic hydroxyl groups is 1. The van der Waals surface area contributed by atoms with Crippen molar-refractivity contribution in [3.8, 4) is 5.75 Å². The lowest BCUT2D eigenvalue weighted by molar-refractivity contribution is -0.226. The van der Waals surface area contributed by atoms with Crippen LogP contribution in [0.1, 0.15) is 101 Å². The molecule has 8 nitrogen and oxygen atoms in total. The maximum Gasteiger partial charge on any atom is 0.190 e. The molecule has 2 N–H and O–H groups in total. The van der Waals surface area contributed by atoms with Crippen LogP contribution in [0.15, 0.2) is 18.2 Å². The Kier molecular flexibility index (Phi) is 7.48. The number of hydrogen-bond donors (Lipinski definition) is 2. The zero-order chi connectivity index (χ0) is 30.9. The Balaban J connectivity index is 1.82. The van der Waals surface area contributed by atoms with Gasteiger partial charge in [-0.05, 0) is 60.5 Å². The second-order valence-electron chi connectivity index (χ2n) is 14.0. The van der Waals surface area contributed by atoms with E-state index in [0.717, 1.165) is 39.0 Å². The summed E-state index contributed by atoms with van der Waals surface area (Å²) in [6.45, 7) is 7.91. The minimum Gasteiger partial charge on any atom is -0.507 e. The highest BCUT2D eigenvalue weighted by atomic mass is 16.3. The smallest absolute Gasteiger partial charge is 0.190 e. The van der Waals surface area contributed by atoms with E-state index in [2.05, 4.69) is 0 Å². The standard InChI is InChI=1S/C34H42O8/c1-17(2)26-28(38)24(18(3)36)30(40)34(42)31(41)27-29(39)25-20(11-8-12-22(25)37)21(14-13-19-9-6-7-10-19)32(27,4)23(15-16-35)33(26,34)5/h8,11-12,16-17,19,21,23-24,26-27,37,42H,6-7,9-10,13-15H2,1-5H3/t21-,23-,24?,26?,27?,32-,33-,34+/m1/s1. The van der Waals surface area contributed by atoms with E-state index >= 15 is 0 Å². The number of aldehydes is 1. The van der Waals surface area contributed by atoms with Crippen LogP contribution in [0.5, 0.6) is 5.75 Å². The Morgan fingerprint density at radius 3 is 2.26 bits per heavy atom. The lowest BCUT2D eigenvalue weighted by Gasteiger charge is -2.67. The maximum atomic E-state index is 14.8. The van der Waals surface area contributed by atoms with Gasteiger partial charge in [0, 0.05) is 17.8 Å². The van der Waals surface area contributed by atoms with Crippen LogP contribution < -0.4 is 0 Å². The summed E-state index contributed by atoms with van der Waals surface area (Å²) in [5.74, 6) is -10.6. The number of rotatable bonds is 7. The van der Waals surface area contributed by atoms with Crippen molar-refractivity contribution in [2.24, 2.45) is 46.3 Å². The molecule has 0 heterocycles. The van der Waals surface area contributed by atoms with Crippen molar-refractivity contribution in [1.82, 2.24) is 0 Å². The molecule has 5 rings (SSSR count). The van der Waals surface area contributed by atoms with Gasteiger partial charge in [0.05, 0.1) is 11.5 Å². The second kappa shape index (κ2) is 10.3. The van der Waals surface area contributed by atoms with Gasteiger partial charge in [0.2, 0.25) is 0 Å². The predicted octanol–water partition coefficient (Wildman–Crippen LogP) is 4.42. The Bertz CT molecular complexity index is 1370. The average Bonchev–Trinajstić information content (AvgIpc) is 3.42. The molecule has 226 valence electrons. The Hall–Kier alpha value is -3.00. The number of carbonyl (C=O) groups excluding carboxylic acids is 6. The van der Waals surface area contributed by atoms with E-state index in [-0.39, 0.29) is 17.7 Å². The summed E-state index contributed by atoms with van der Waals surface area (Å²) in [5, 5.41) is 23.4. The van der Waals surface area contributed by atoms with Crippen LogP contribution in [0.2, 0.25) is 0 Å². The lowest BCUT2D eigenvalue weighted by atomic mass is 9.34. The second-order valence-corrected chi connectivity index (χ2v) is 14.0. The molecular weight excluding hydrogens is 536 g/mol. The monoisotopic (exact) mass is 578 g/mol. The highest BCUT2D eigenvalue weighted by molar-refractivity contribution is 6.32. The van der Waals surface area contributed by atoms with E-state index in [9.17, 15) is 39.0 Å². The summed E-state index contributed by atoms with van der Waals surface area (Å²) in [7, 11) is 0. The van der Waals surface area contributed by atoms with Crippen LogP contribution in [0.25, 0.3) is 0 Å². The molecule has 0 aliphatic heterocycles. The molecule has 8 heteroatoms.